The van der Waals surface area contributed by atoms with E-state index in [4.69, 9.17) is 11.6 Å². The Morgan fingerprint density at radius 3 is 2.83 bits per heavy atom. The van der Waals surface area contributed by atoms with Crippen molar-refractivity contribution in [2.75, 3.05) is 44.7 Å². The number of hydrogen-bond donors (Lipinski definition) is 0. The smallest absolute Gasteiger partial charge is 0.236 e. The minimum absolute atomic E-state index is 0.201. The van der Waals surface area contributed by atoms with Crippen molar-refractivity contribution < 1.29 is 4.79 Å². The molecule has 122 valence electrons. The summed E-state index contributed by atoms with van der Waals surface area (Å²) in [6, 6.07) is 2.26. The average molecular weight is 335 g/mol. The van der Waals surface area contributed by atoms with E-state index in [0.717, 1.165) is 43.2 Å². The molecule has 2 saturated heterocycles. The van der Waals surface area contributed by atoms with Crippen LogP contribution in [0.4, 0.5) is 5.82 Å². The Kier molecular flexibility index (Phi) is 3.42. The maximum Gasteiger partial charge on any atom is 0.236 e. The molecule has 2 aromatic rings. The maximum absolute atomic E-state index is 11.9. The number of carbonyl (C=O) groups is 1. The predicted molar refractivity (Wildman–Crippen MR) is 87.9 cm³/mol. The lowest BCUT2D eigenvalue weighted by molar-refractivity contribution is -0.135. The number of amides is 1. The molecule has 0 spiro atoms. The summed E-state index contributed by atoms with van der Waals surface area (Å²) < 4.78 is 1.84. The highest BCUT2D eigenvalue weighted by molar-refractivity contribution is 6.29. The van der Waals surface area contributed by atoms with Gasteiger partial charge in [-0.15, -0.1) is 0 Å². The molecule has 2 aromatic heterocycles. The fraction of sp³-hybridized carbons (Fsp3) is 0.533. The van der Waals surface area contributed by atoms with Crippen LogP contribution in [-0.4, -0.2) is 76.1 Å². The van der Waals surface area contributed by atoms with E-state index < -0.39 is 0 Å². The van der Waals surface area contributed by atoms with Crippen LogP contribution in [0, 0.1) is 6.92 Å². The lowest BCUT2D eigenvalue weighted by atomic mass is 10.1. The van der Waals surface area contributed by atoms with Crippen LogP contribution in [0.25, 0.3) is 5.65 Å². The normalized spacial score (nSPS) is 20.4. The molecule has 2 aliphatic heterocycles. The van der Waals surface area contributed by atoms with Crippen LogP contribution in [0.2, 0.25) is 5.15 Å². The molecule has 0 N–H and O–H groups in total. The summed E-state index contributed by atoms with van der Waals surface area (Å²) in [5.41, 5.74) is 1.81. The molecule has 23 heavy (non-hydrogen) atoms. The molecule has 0 radical (unpaired) electrons. The van der Waals surface area contributed by atoms with Crippen molar-refractivity contribution in [1.82, 2.24) is 24.4 Å². The molecule has 0 atom stereocenters. The number of aromatic nitrogens is 3. The molecular formula is C15H19ClN6O. The third-order valence-electron chi connectivity index (χ3n) is 4.79. The molecule has 0 bridgehead atoms. The van der Waals surface area contributed by atoms with Crippen LogP contribution in [0.5, 0.6) is 0 Å². The molecule has 0 aliphatic carbocycles. The van der Waals surface area contributed by atoms with Crippen LogP contribution in [-0.2, 0) is 4.79 Å². The summed E-state index contributed by atoms with van der Waals surface area (Å²) in [4.78, 5) is 22.5. The van der Waals surface area contributed by atoms with E-state index in [9.17, 15) is 4.79 Å². The van der Waals surface area contributed by atoms with E-state index in [1.165, 1.54) is 0 Å². The van der Waals surface area contributed by atoms with Gasteiger partial charge in [0.2, 0.25) is 5.91 Å². The number of fused-ring (bicyclic) bond motifs is 1. The Morgan fingerprint density at radius 1 is 1.30 bits per heavy atom. The minimum atomic E-state index is 0.201. The third kappa shape index (κ3) is 2.44. The number of halogens is 1. The molecule has 2 aliphatic rings. The topological polar surface area (TPSA) is 57.0 Å². The predicted octanol–water partition coefficient (Wildman–Crippen LogP) is 0.654. The highest BCUT2D eigenvalue weighted by atomic mass is 35.5. The van der Waals surface area contributed by atoms with Crippen LogP contribution in [0.1, 0.15) is 5.56 Å². The van der Waals surface area contributed by atoms with E-state index in [1.807, 2.05) is 24.6 Å². The number of hydrogen-bond acceptors (Lipinski definition) is 5. The number of rotatable bonds is 2. The Morgan fingerprint density at radius 2 is 2.09 bits per heavy atom. The van der Waals surface area contributed by atoms with Crippen LogP contribution < -0.4 is 4.90 Å². The van der Waals surface area contributed by atoms with Crippen molar-refractivity contribution in [3.05, 3.63) is 23.0 Å². The van der Waals surface area contributed by atoms with Gasteiger partial charge in [-0.25, -0.2) is 4.98 Å². The third-order valence-corrected chi connectivity index (χ3v) is 4.98. The van der Waals surface area contributed by atoms with Gasteiger partial charge in [0.05, 0.1) is 12.7 Å². The van der Waals surface area contributed by atoms with Crippen LogP contribution in [0.15, 0.2) is 12.3 Å². The Hall–Kier alpha value is -1.86. The minimum Gasteiger partial charge on any atom is -0.353 e. The Bertz CT molecular complexity index is 769. The Labute approximate surface area is 139 Å². The summed E-state index contributed by atoms with van der Waals surface area (Å²) in [5.74, 6) is 1.16. The van der Waals surface area contributed by atoms with Crippen LogP contribution in [0.3, 0.4) is 0 Å². The summed E-state index contributed by atoms with van der Waals surface area (Å²) in [6.07, 6.45) is 1.80. The highest BCUT2D eigenvalue weighted by Crippen LogP contribution is 2.27. The Balaban J connectivity index is 1.51. The summed E-state index contributed by atoms with van der Waals surface area (Å²) in [6.45, 7) is 6.00. The molecule has 1 amide bonds. The number of likely N-dealkylation sites (N-methyl/N-ethyl adjacent to an activating group) is 1. The van der Waals surface area contributed by atoms with Gasteiger partial charge >= 0.3 is 0 Å². The van der Waals surface area contributed by atoms with Gasteiger partial charge in [-0.2, -0.15) is 9.61 Å². The number of piperazine rings is 1. The number of carbonyl (C=O) groups excluding carboxylic acids is 1. The first-order chi connectivity index (χ1) is 11.0. The van der Waals surface area contributed by atoms with E-state index in [-0.39, 0.29) is 5.91 Å². The number of anilines is 1. The van der Waals surface area contributed by atoms with Crippen molar-refractivity contribution in [1.29, 1.82) is 0 Å². The number of aryl methyl sites for hydroxylation is 1. The van der Waals surface area contributed by atoms with Gasteiger partial charge in [0, 0.05) is 50.9 Å². The molecule has 2 fully saturated rings. The van der Waals surface area contributed by atoms with Gasteiger partial charge in [-0.05, 0) is 6.92 Å². The second kappa shape index (κ2) is 5.35. The zero-order valence-electron chi connectivity index (χ0n) is 13.2. The zero-order valence-corrected chi connectivity index (χ0v) is 14.0. The standard InChI is InChI=1S/C15H19ClN6O/c1-10-6-17-22-13(5-12(16)18-15(10)22)21-7-11(8-21)20-4-3-19(2)14(23)9-20/h5-6,11H,3-4,7-9H2,1-2H3. The molecule has 8 heteroatoms. The fourth-order valence-electron chi connectivity index (χ4n) is 3.21. The van der Waals surface area contributed by atoms with Gasteiger partial charge in [-0.3, -0.25) is 9.69 Å². The van der Waals surface area contributed by atoms with E-state index in [2.05, 4.69) is 19.9 Å². The lowest BCUT2D eigenvalue weighted by Gasteiger charge is -2.48. The first-order valence-electron chi connectivity index (χ1n) is 7.77. The first-order valence-corrected chi connectivity index (χ1v) is 8.14. The first kappa shape index (κ1) is 14.7. The van der Waals surface area contributed by atoms with Crippen molar-refractivity contribution in [3.8, 4) is 0 Å². The second-order valence-corrected chi connectivity index (χ2v) is 6.73. The molecular weight excluding hydrogens is 316 g/mol. The van der Waals surface area contributed by atoms with Gasteiger partial charge in [-0.1, -0.05) is 11.6 Å². The summed E-state index contributed by atoms with van der Waals surface area (Å²) in [5, 5.41) is 4.88. The highest BCUT2D eigenvalue weighted by Gasteiger charge is 2.36. The van der Waals surface area contributed by atoms with Crippen molar-refractivity contribution >= 4 is 29.0 Å². The van der Waals surface area contributed by atoms with Crippen molar-refractivity contribution in [3.63, 3.8) is 0 Å². The van der Waals surface area contributed by atoms with E-state index in [1.54, 1.807) is 11.1 Å². The van der Waals surface area contributed by atoms with E-state index >= 15 is 0 Å². The summed E-state index contributed by atoms with van der Waals surface area (Å²) >= 11 is 6.16. The lowest BCUT2D eigenvalue weighted by Crippen LogP contribution is -2.64. The SMILES string of the molecule is Cc1cnn2c(N3CC(N4CCN(C)C(=O)C4)C3)cc(Cl)nc12. The quantitative estimate of drug-likeness (QED) is 0.755. The largest absolute Gasteiger partial charge is 0.353 e. The molecule has 7 nitrogen and oxygen atoms in total. The average Bonchev–Trinajstić information content (AvgIpc) is 2.83. The molecule has 0 unspecified atom stereocenters. The molecule has 4 heterocycles. The van der Waals surface area contributed by atoms with Gasteiger partial charge < -0.3 is 9.80 Å². The number of nitrogens with zero attached hydrogens (tertiary/aromatic N) is 6. The molecule has 0 saturated carbocycles. The van der Waals surface area contributed by atoms with Gasteiger partial charge in [0.25, 0.3) is 0 Å². The molecule has 0 aromatic carbocycles. The zero-order chi connectivity index (χ0) is 16.1. The van der Waals surface area contributed by atoms with Crippen LogP contribution >= 0.6 is 11.6 Å². The van der Waals surface area contributed by atoms with Crippen molar-refractivity contribution in [2.24, 2.45) is 0 Å². The van der Waals surface area contributed by atoms with Crippen molar-refractivity contribution in [2.45, 2.75) is 13.0 Å². The summed E-state index contributed by atoms with van der Waals surface area (Å²) in [7, 11) is 1.86. The maximum atomic E-state index is 11.9. The van der Waals surface area contributed by atoms with E-state index in [0.29, 0.717) is 17.7 Å². The van der Waals surface area contributed by atoms with Gasteiger partial charge in [0.15, 0.2) is 5.65 Å². The second-order valence-electron chi connectivity index (χ2n) is 6.34. The fourth-order valence-corrected chi connectivity index (χ4v) is 3.39. The monoisotopic (exact) mass is 334 g/mol. The van der Waals surface area contributed by atoms with Gasteiger partial charge in [0.1, 0.15) is 11.0 Å². The molecule has 4 rings (SSSR count).